The molecule has 0 spiro atoms. The zero-order valence-corrected chi connectivity index (χ0v) is 12.2. The van der Waals surface area contributed by atoms with Gasteiger partial charge in [0.15, 0.2) is 0 Å². The van der Waals surface area contributed by atoms with E-state index in [2.05, 4.69) is 20.2 Å². The topological polar surface area (TPSA) is 88.9 Å². The summed E-state index contributed by atoms with van der Waals surface area (Å²) in [5.74, 6) is 0.556. The van der Waals surface area contributed by atoms with Crippen LogP contribution < -0.4 is 10.0 Å². The molecule has 2 rings (SSSR count). The predicted octanol–water partition coefficient (Wildman–Crippen LogP) is 0.0130. The quantitative estimate of drug-likeness (QED) is 0.784. The van der Waals surface area contributed by atoms with Crippen LogP contribution in [0.5, 0.6) is 0 Å². The second-order valence-corrected chi connectivity index (χ2v) is 6.13. The average Bonchev–Trinajstić information content (AvgIpc) is 2.83. The lowest BCUT2D eigenvalue weighted by atomic mass is 10.2. The van der Waals surface area contributed by atoms with Gasteiger partial charge >= 0.3 is 0 Å². The van der Waals surface area contributed by atoms with Crippen LogP contribution in [0.25, 0.3) is 0 Å². The van der Waals surface area contributed by atoms with Gasteiger partial charge in [0.2, 0.25) is 10.0 Å². The Bertz CT molecular complexity index is 681. The normalized spacial score (nSPS) is 11.7. The molecule has 0 bridgehead atoms. The van der Waals surface area contributed by atoms with Crippen molar-refractivity contribution in [2.45, 2.75) is 18.0 Å². The van der Waals surface area contributed by atoms with Gasteiger partial charge in [0.1, 0.15) is 12.2 Å². The highest BCUT2D eigenvalue weighted by molar-refractivity contribution is 7.89. The van der Waals surface area contributed by atoms with Gasteiger partial charge < -0.3 is 9.88 Å². The van der Waals surface area contributed by atoms with Crippen molar-refractivity contribution >= 4 is 10.0 Å². The SMILES string of the molecule is CNCc1cccc(S(=O)(=O)NCc2nncn2C)c1. The van der Waals surface area contributed by atoms with Crippen LogP contribution in [0.2, 0.25) is 0 Å². The minimum Gasteiger partial charge on any atom is -0.320 e. The number of nitrogens with one attached hydrogen (secondary N) is 2. The van der Waals surface area contributed by atoms with Gasteiger partial charge in [-0.25, -0.2) is 13.1 Å². The van der Waals surface area contributed by atoms with E-state index < -0.39 is 10.0 Å². The van der Waals surface area contributed by atoms with Crippen molar-refractivity contribution in [1.29, 1.82) is 0 Å². The van der Waals surface area contributed by atoms with Crippen molar-refractivity contribution in [2.24, 2.45) is 7.05 Å². The number of hydrogen-bond acceptors (Lipinski definition) is 5. The van der Waals surface area contributed by atoms with Gasteiger partial charge in [0, 0.05) is 13.6 Å². The zero-order valence-electron chi connectivity index (χ0n) is 11.4. The Balaban J connectivity index is 2.14. The summed E-state index contributed by atoms with van der Waals surface area (Å²) in [5, 5.41) is 10.5. The summed E-state index contributed by atoms with van der Waals surface area (Å²) >= 11 is 0. The monoisotopic (exact) mass is 295 g/mol. The average molecular weight is 295 g/mol. The highest BCUT2D eigenvalue weighted by Crippen LogP contribution is 2.11. The van der Waals surface area contributed by atoms with Crippen LogP contribution in [0.3, 0.4) is 0 Å². The van der Waals surface area contributed by atoms with Crippen LogP contribution in [-0.2, 0) is 30.2 Å². The van der Waals surface area contributed by atoms with Crippen LogP contribution >= 0.6 is 0 Å². The summed E-state index contributed by atoms with van der Waals surface area (Å²) < 4.78 is 28.6. The first-order valence-electron chi connectivity index (χ1n) is 6.09. The van der Waals surface area contributed by atoms with Crippen LogP contribution in [0.4, 0.5) is 0 Å². The Morgan fingerprint density at radius 2 is 2.10 bits per heavy atom. The lowest BCUT2D eigenvalue weighted by Gasteiger charge is -2.08. The van der Waals surface area contributed by atoms with Gasteiger partial charge in [-0.1, -0.05) is 12.1 Å². The van der Waals surface area contributed by atoms with Crippen LogP contribution in [-0.4, -0.2) is 30.2 Å². The Morgan fingerprint density at radius 1 is 1.30 bits per heavy atom. The van der Waals surface area contributed by atoms with Crippen LogP contribution in [0, 0.1) is 0 Å². The summed E-state index contributed by atoms with van der Waals surface area (Å²) in [4.78, 5) is 0.243. The summed E-state index contributed by atoms with van der Waals surface area (Å²) in [6, 6.07) is 6.81. The maximum atomic E-state index is 12.2. The molecule has 0 aliphatic rings. The number of benzene rings is 1. The Kier molecular flexibility index (Phi) is 4.48. The predicted molar refractivity (Wildman–Crippen MR) is 74.2 cm³/mol. The molecule has 0 unspecified atom stereocenters. The molecule has 0 saturated heterocycles. The minimum absolute atomic E-state index is 0.106. The van der Waals surface area contributed by atoms with Crippen molar-refractivity contribution in [3.05, 3.63) is 42.0 Å². The summed E-state index contributed by atoms with van der Waals surface area (Å²) in [6.45, 7) is 0.724. The molecule has 1 aromatic carbocycles. The number of nitrogens with zero attached hydrogens (tertiary/aromatic N) is 3. The van der Waals surface area contributed by atoms with E-state index in [1.54, 1.807) is 29.8 Å². The van der Waals surface area contributed by atoms with E-state index in [1.165, 1.54) is 6.33 Å². The number of aromatic nitrogens is 3. The number of hydrogen-bond donors (Lipinski definition) is 2. The molecule has 0 atom stereocenters. The molecule has 0 saturated carbocycles. The Hall–Kier alpha value is -1.77. The molecule has 8 heteroatoms. The van der Waals surface area contributed by atoms with Crippen LogP contribution in [0.1, 0.15) is 11.4 Å². The first-order chi connectivity index (χ1) is 9.53. The highest BCUT2D eigenvalue weighted by Gasteiger charge is 2.15. The molecule has 1 aromatic heterocycles. The molecule has 0 radical (unpaired) electrons. The summed E-state index contributed by atoms with van der Waals surface area (Å²) in [5.41, 5.74) is 0.911. The fourth-order valence-corrected chi connectivity index (χ4v) is 2.79. The molecule has 108 valence electrons. The molecule has 1 heterocycles. The second kappa shape index (κ2) is 6.12. The smallest absolute Gasteiger partial charge is 0.240 e. The minimum atomic E-state index is -3.55. The number of rotatable bonds is 6. The summed E-state index contributed by atoms with van der Waals surface area (Å²) in [7, 11) is 0.0212. The molecule has 0 amide bonds. The number of sulfonamides is 1. The molecule has 0 fully saturated rings. The van der Waals surface area contributed by atoms with Gasteiger partial charge in [0.25, 0.3) is 0 Å². The van der Waals surface area contributed by atoms with Gasteiger partial charge in [0.05, 0.1) is 11.4 Å². The molecule has 0 aliphatic heterocycles. The van der Waals surface area contributed by atoms with Gasteiger partial charge in [-0.15, -0.1) is 10.2 Å². The van der Waals surface area contributed by atoms with Crippen molar-refractivity contribution in [3.63, 3.8) is 0 Å². The maximum Gasteiger partial charge on any atom is 0.240 e. The van der Waals surface area contributed by atoms with E-state index in [0.29, 0.717) is 12.4 Å². The van der Waals surface area contributed by atoms with Gasteiger partial charge in [-0.2, -0.15) is 0 Å². The van der Waals surface area contributed by atoms with E-state index in [-0.39, 0.29) is 11.4 Å². The molecule has 2 aromatic rings. The van der Waals surface area contributed by atoms with Gasteiger partial charge in [-0.3, -0.25) is 0 Å². The molecular formula is C12H17N5O2S. The first-order valence-corrected chi connectivity index (χ1v) is 7.57. The molecular weight excluding hydrogens is 278 g/mol. The van der Waals surface area contributed by atoms with E-state index in [0.717, 1.165) is 5.56 Å². The standard InChI is InChI=1S/C12H17N5O2S/c1-13-7-10-4-3-5-11(6-10)20(18,19)15-8-12-16-14-9-17(12)2/h3-6,9,13,15H,7-8H2,1-2H3. The lowest BCUT2D eigenvalue weighted by molar-refractivity contribution is 0.577. The fourth-order valence-electron chi connectivity index (χ4n) is 1.74. The van der Waals surface area contributed by atoms with Crippen molar-refractivity contribution in [3.8, 4) is 0 Å². The summed E-state index contributed by atoms with van der Waals surface area (Å²) in [6.07, 6.45) is 1.52. The molecule has 20 heavy (non-hydrogen) atoms. The molecule has 0 aliphatic carbocycles. The van der Waals surface area contributed by atoms with Crippen molar-refractivity contribution in [2.75, 3.05) is 7.05 Å². The van der Waals surface area contributed by atoms with Crippen LogP contribution in [0.15, 0.2) is 35.5 Å². The Morgan fingerprint density at radius 3 is 2.75 bits per heavy atom. The lowest BCUT2D eigenvalue weighted by Crippen LogP contribution is -2.25. The fraction of sp³-hybridized carbons (Fsp3) is 0.333. The third-order valence-corrected chi connectivity index (χ3v) is 4.21. The van der Waals surface area contributed by atoms with E-state index in [9.17, 15) is 8.42 Å². The van der Waals surface area contributed by atoms with E-state index in [4.69, 9.17) is 0 Å². The Labute approximate surface area is 118 Å². The zero-order chi connectivity index (χ0) is 14.6. The third kappa shape index (κ3) is 3.41. The first kappa shape index (κ1) is 14.6. The van der Waals surface area contributed by atoms with Crippen molar-refractivity contribution in [1.82, 2.24) is 24.8 Å². The third-order valence-electron chi connectivity index (χ3n) is 2.82. The molecule has 2 N–H and O–H groups in total. The van der Waals surface area contributed by atoms with Gasteiger partial charge in [-0.05, 0) is 24.7 Å². The number of aryl methyl sites for hydroxylation is 1. The van der Waals surface area contributed by atoms with E-state index >= 15 is 0 Å². The van der Waals surface area contributed by atoms with Crippen molar-refractivity contribution < 1.29 is 8.42 Å². The molecule has 7 nitrogen and oxygen atoms in total. The second-order valence-electron chi connectivity index (χ2n) is 4.36. The largest absolute Gasteiger partial charge is 0.320 e. The maximum absolute atomic E-state index is 12.2. The van der Waals surface area contributed by atoms with E-state index in [1.807, 2.05) is 13.1 Å². The highest BCUT2D eigenvalue weighted by atomic mass is 32.2.